The van der Waals surface area contributed by atoms with Gasteiger partial charge in [-0.3, -0.25) is 0 Å². The van der Waals surface area contributed by atoms with Gasteiger partial charge in [-0.1, -0.05) is 126 Å². The summed E-state index contributed by atoms with van der Waals surface area (Å²) in [5, 5.41) is 0. The van der Waals surface area contributed by atoms with Crippen molar-refractivity contribution in [1.29, 1.82) is 0 Å². The molecule has 0 radical (unpaired) electrons. The minimum absolute atomic E-state index is 0.727. The highest BCUT2D eigenvalue weighted by Gasteiger charge is 2.27. The Morgan fingerprint density at radius 3 is 1.38 bits per heavy atom. The maximum atomic E-state index is 15.3. The molecule has 0 fully saturated rings. The van der Waals surface area contributed by atoms with Gasteiger partial charge in [-0.2, -0.15) is 0 Å². The lowest BCUT2D eigenvalue weighted by Gasteiger charge is -2.24. The van der Waals surface area contributed by atoms with Crippen LogP contribution in [0.1, 0.15) is 137 Å². The van der Waals surface area contributed by atoms with E-state index in [1.807, 2.05) is 0 Å². The maximum Gasteiger partial charge on any atom is 0.505 e. The molecular weight excluding hydrogens is 478 g/mol. The van der Waals surface area contributed by atoms with Gasteiger partial charge in [-0.05, 0) is 61.8 Å². The Bertz CT molecular complexity index is 882. The zero-order valence-corrected chi connectivity index (χ0v) is 24.9. The predicted molar refractivity (Wildman–Crippen MR) is 158 cm³/mol. The van der Waals surface area contributed by atoms with Gasteiger partial charge in [0, 0.05) is 6.42 Å². The summed E-state index contributed by atoms with van der Waals surface area (Å²) in [5.74, 6) is 1.46. The highest BCUT2D eigenvalue weighted by Crippen LogP contribution is 2.49. The van der Waals surface area contributed by atoms with Gasteiger partial charge in [-0.25, -0.2) is 0 Å². The Morgan fingerprint density at radius 2 is 0.973 bits per heavy atom. The summed E-state index contributed by atoms with van der Waals surface area (Å²) < 4.78 is 27.1. The maximum absolute atomic E-state index is 15.3. The molecule has 1 aliphatic heterocycles. The monoisotopic (exact) mass is 528 g/mol. The third kappa shape index (κ3) is 9.90. The van der Waals surface area contributed by atoms with Crippen LogP contribution in [0, 0.1) is 13.8 Å². The van der Waals surface area contributed by atoms with Crippen molar-refractivity contribution >= 4 is 8.69 Å². The number of hydrogen-bond donors (Lipinski definition) is 0. The van der Waals surface area contributed by atoms with Gasteiger partial charge >= 0.3 is 8.69 Å². The molecule has 1 aliphatic rings. The average molecular weight is 529 g/mol. The van der Waals surface area contributed by atoms with Gasteiger partial charge in [0.05, 0.1) is 0 Å². The number of halogens is 1. The van der Waals surface area contributed by atoms with Gasteiger partial charge in [0.2, 0.25) is 0 Å². The molecule has 0 N–H and O–H groups in total. The highest BCUT2D eigenvalue weighted by molar-refractivity contribution is 7.42. The molecule has 0 saturated heterocycles. The molecule has 1 heterocycles. The van der Waals surface area contributed by atoms with Crippen LogP contribution < -0.4 is 9.05 Å². The van der Waals surface area contributed by atoms with E-state index >= 15 is 4.20 Å². The van der Waals surface area contributed by atoms with Crippen molar-refractivity contribution in [2.24, 2.45) is 0 Å². The fraction of sp³-hybridized carbons (Fsp3) is 0.636. The molecule has 0 aromatic heterocycles. The zero-order valence-electron chi connectivity index (χ0n) is 24.0. The molecule has 37 heavy (non-hydrogen) atoms. The minimum atomic E-state index is -2.52. The third-order valence-electron chi connectivity index (χ3n) is 7.58. The third-order valence-corrected chi connectivity index (χ3v) is 8.23. The van der Waals surface area contributed by atoms with Gasteiger partial charge in [-0.15, -0.1) is 4.20 Å². The Balaban J connectivity index is 1.70. The molecular formula is C33H50FO2P. The summed E-state index contributed by atoms with van der Waals surface area (Å²) in [6.45, 7) is 8.80. The first kappa shape index (κ1) is 29.9. The Labute approximate surface area is 227 Å². The van der Waals surface area contributed by atoms with Gasteiger partial charge in [0.1, 0.15) is 11.5 Å². The lowest BCUT2D eigenvalue weighted by Crippen LogP contribution is -2.08. The van der Waals surface area contributed by atoms with Crippen molar-refractivity contribution in [2.75, 3.05) is 0 Å². The van der Waals surface area contributed by atoms with E-state index < -0.39 is 8.69 Å². The number of fused-ring (bicyclic) bond motifs is 2. The van der Waals surface area contributed by atoms with Crippen LogP contribution in [0.5, 0.6) is 11.5 Å². The van der Waals surface area contributed by atoms with Crippen LogP contribution in [-0.2, 0) is 19.3 Å². The van der Waals surface area contributed by atoms with Crippen LogP contribution in [-0.4, -0.2) is 0 Å². The fourth-order valence-electron chi connectivity index (χ4n) is 5.64. The number of hydrogen-bond acceptors (Lipinski definition) is 2. The summed E-state index contributed by atoms with van der Waals surface area (Å²) >= 11 is 0. The zero-order chi connectivity index (χ0) is 26.5. The van der Waals surface area contributed by atoms with E-state index in [1.165, 1.54) is 88.2 Å². The van der Waals surface area contributed by atoms with Gasteiger partial charge < -0.3 is 9.05 Å². The largest absolute Gasteiger partial charge is 0.505 e. The van der Waals surface area contributed by atoms with Crippen molar-refractivity contribution in [3.05, 3.63) is 57.6 Å². The minimum Gasteiger partial charge on any atom is -0.414 e. The van der Waals surface area contributed by atoms with Crippen LogP contribution in [0.3, 0.4) is 0 Å². The van der Waals surface area contributed by atoms with Crippen molar-refractivity contribution in [2.45, 2.75) is 137 Å². The van der Waals surface area contributed by atoms with E-state index in [0.717, 1.165) is 65.9 Å². The highest BCUT2D eigenvalue weighted by atomic mass is 31.2. The number of benzene rings is 2. The SMILES string of the molecule is CCCCCCCCCc1cc(C)cc2c1OP(F)Oc1c(CCCCCCCCC)cc(C)cc1C2. The van der Waals surface area contributed by atoms with Crippen LogP contribution >= 0.6 is 8.69 Å². The molecule has 0 saturated carbocycles. The standard InChI is InChI=1S/C33H50FO2P/c1-5-7-9-11-13-15-17-19-28-21-26(3)23-30-25-31-24-27(4)22-29(20-18-16-14-12-10-8-6-2)33(31)36-37(34)35-32(28)30/h21-24H,5-20,25H2,1-4H3. The lowest BCUT2D eigenvalue weighted by molar-refractivity contribution is 0.423. The second kappa shape index (κ2) is 16.4. The van der Waals surface area contributed by atoms with Crippen LogP contribution in [0.4, 0.5) is 4.20 Å². The molecule has 2 aromatic rings. The van der Waals surface area contributed by atoms with Crippen molar-refractivity contribution in [1.82, 2.24) is 0 Å². The average Bonchev–Trinajstić information content (AvgIpc) is 2.85. The summed E-state index contributed by atoms with van der Waals surface area (Å²) in [6.07, 6.45) is 20.4. The van der Waals surface area contributed by atoms with E-state index in [2.05, 4.69) is 52.0 Å². The lowest BCUT2D eigenvalue weighted by atomic mass is 9.93. The molecule has 0 aliphatic carbocycles. The summed E-state index contributed by atoms with van der Waals surface area (Å²) in [4.78, 5) is 0. The molecule has 2 nitrogen and oxygen atoms in total. The van der Waals surface area contributed by atoms with Crippen LogP contribution in [0.15, 0.2) is 24.3 Å². The quantitative estimate of drug-likeness (QED) is 0.159. The van der Waals surface area contributed by atoms with Crippen molar-refractivity contribution < 1.29 is 13.2 Å². The number of rotatable bonds is 16. The molecule has 206 valence electrons. The van der Waals surface area contributed by atoms with E-state index in [9.17, 15) is 0 Å². The molecule has 4 heteroatoms. The molecule has 0 bridgehead atoms. The van der Waals surface area contributed by atoms with Crippen LogP contribution in [0.25, 0.3) is 0 Å². The van der Waals surface area contributed by atoms with Gasteiger partial charge in [0.15, 0.2) is 0 Å². The Hall–Kier alpha value is -1.60. The topological polar surface area (TPSA) is 18.5 Å². The number of unbranched alkanes of at least 4 members (excludes halogenated alkanes) is 12. The van der Waals surface area contributed by atoms with E-state index in [4.69, 9.17) is 9.05 Å². The second-order valence-electron chi connectivity index (χ2n) is 11.1. The first-order valence-electron chi connectivity index (χ1n) is 15.1. The molecule has 0 unspecified atom stereocenters. The summed E-state index contributed by atoms with van der Waals surface area (Å²) in [7, 11) is -2.52. The van der Waals surface area contributed by atoms with E-state index in [1.54, 1.807) is 0 Å². The van der Waals surface area contributed by atoms with Crippen molar-refractivity contribution in [3.8, 4) is 11.5 Å². The first-order valence-corrected chi connectivity index (χ1v) is 16.1. The Kier molecular flexibility index (Phi) is 13.3. The smallest absolute Gasteiger partial charge is 0.414 e. The van der Waals surface area contributed by atoms with Gasteiger partial charge in [0.25, 0.3) is 0 Å². The molecule has 2 aromatic carbocycles. The fourth-order valence-corrected chi connectivity index (χ4v) is 6.43. The Morgan fingerprint density at radius 1 is 0.595 bits per heavy atom. The summed E-state index contributed by atoms with van der Waals surface area (Å²) in [6, 6.07) is 8.73. The molecule has 0 atom stereocenters. The summed E-state index contributed by atoms with van der Waals surface area (Å²) in [5.41, 5.74) is 6.92. The first-order chi connectivity index (χ1) is 18.0. The second-order valence-corrected chi connectivity index (χ2v) is 11.9. The number of aryl methyl sites for hydroxylation is 4. The van der Waals surface area contributed by atoms with Crippen molar-refractivity contribution in [3.63, 3.8) is 0 Å². The van der Waals surface area contributed by atoms with E-state index in [0.29, 0.717) is 0 Å². The molecule has 0 amide bonds. The molecule has 3 rings (SSSR count). The van der Waals surface area contributed by atoms with E-state index in [-0.39, 0.29) is 0 Å². The predicted octanol–water partition coefficient (Wildman–Crippen LogP) is 11.4. The molecule has 0 spiro atoms. The normalized spacial score (nSPS) is 13.3. The van der Waals surface area contributed by atoms with Crippen LogP contribution in [0.2, 0.25) is 0 Å².